The highest BCUT2D eigenvalue weighted by Gasteiger charge is 2.45. The summed E-state index contributed by atoms with van der Waals surface area (Å²) in [5.41, 5.74) is 2.14. The smallest absolute Gasteiger partial charge is 0.288 e. The van der Waals surface area contributed by atoms with E-state index in [1.165, 1.54) is 17.0 Å². The molecule has 2 heterocycles. The van der Waals surface area contributed by atoms with E-state index in [1.807, 2.05) is 30.3 Å². The molecule has 0 aliphatic carbocycles. The Labute approximate surface area is 174 Å². The van der Waals surface area contributed by atoms with Gasteiger partial charge in [-0.25, -0.2) is 0 Å². The lowest BCUT2D eigenvalue weighted by molar-refractivity contribution is -0.915. The molecule has 0 bridgehead atoms. The molecule has 8 nitrogen and oxygen atoms in total. The largest absolute Gasteiger partial charge is 0.360 e. The minimum Gasteiger partial charge on any atom is -0.360 e. The fourth-order valence-corrected chi connectivity index (χ4v) is 4.31. The standard InChI is InChI=1S/C22H24N4O4/c27-21-16-20(22(28)25(21)11-10-17-4-2-1-3-5-17)24-14-12-23(13-15-24)18-6-8-19(9-7-18)26(29)30/h1-9,20H,10-16H2/p+1/t20-/m1/s1. The van der Waals surface area contributed by atoms with Gasteiger partial charge in [-0.1, -0.05) is 30.3 Å². The topological polar surface area (TPSA) is 88.2 Å². The van der Waals surface area contributed by atoms with Crippen molar-refractivity contribution in [3.63, 3.8) is 0 Å². The Morgan fingerprint density at radius 3 is 2.30 bits per heavy atom. The molecule has 0 spiro atoms. The Bertz CT molecular complexity index is 924. The van der Waals surface area contributed by atoms with Crippen LogP contribution in [0, 0.1) is 10.1 Å². The molecular weight excluding hydrogens is 384 g/mol. The van der Waals surface area contributed by atoms with Crippen LogP contribution in [0.1, 0.15) is 12.0 Å². The summed E-state index contributed by atoms with van der Waals surface area (Å²) >= 11 is 0. The number of nitro benzene ring substituents is 1. The highest BCUT2D eigenvalue weighted by molar-refractivity contribution is 6.04. The molecule has 30 heavy (non-hydrogen) atoms. The van der Waals surface area contributed by atoms with Crippen molar-refractivity contribution in [1.29, 1.82) is 0 Å². The number of nitrogens with one attached hydrogen (secondary N) is 1. The van der Waals surface area contributed by atoms with Gasteiger partial charge in [0.15, 0.2) is 6.04 Å². The van der Waals surface area contributed by atoms with Crippen molar-refractivity contribution in [3.8, 4) is 0 Å². The van der Waals surface area contributed by atoms with Crippen molar-refractivity contribution in [3.05, 3.63) is 70.3 Å². The molecule has 0 aromatic heterocycles. The molecule has 2 aromatic rings. The zero-order valence-corrected chi connectivity index (χ0v) is 16.7. The first-order chi connectivity index (χ1) is 14.5. The van der Waals surface area contributed by atoms with Crippen molar-refractivity contribution in [1.82, 2.24) is 4.90 Å². The number of carbonyl (C=O) groups excluding carboxylic acids is 2. The van der Waals surface area contributed by atoms with Crippen LogP contribution in [0.4, 0.5) is 11.4 Å². The lowest BCUT2D eigenvalue weighted by Gasteiger charge is -2.35. The zero-order chi connectivity index (χ0) is 21.1. The van der Waals surface area contributed by atoms with Crippen LogP contribution in [-0.4, -0.2) is 60.4 Å². The van der Waals surface area contributed by atoms with Crippen molar-refractivity contribution in [2.75, 3.05) is 37.6 Å². The van der Waals surface area contributed by atoms with Gasteiger partial charge in [-0.15, -0.1) is 0 Å². The minimum absolute atomic E-state index is 0.0604. The maximum Gasteiger partial charge on any atom is 0.288 e. The lowest BCUT2D eigenvalue weighted by atomic mass is 10.1. The second-order valence-electron chi connectivity index (χ2n) is 7.79. The Balaban J connectivity index is 1.32. The molecule has 2 amide bonds. The predicted octanol–water partition coefficient (Wildman–Crippen LogP) is 0.670. The van der Waals surface area contributed by atoms with E-state index in [0.717, 1.165) is 42.3 Å². The van der Waals surface area contributed by atoms with Gasteiger partial charge in [0.25, 0.3) is 11.6 Å². The fourth-order valence-electron chi connectivity index (χ4n) is 4.31. The van der Waals surface area contributed by atoms with Crippen LogP contribution in [-0.2, 0) is 16.0 Å². The van der Waals surface area contributed by atoms with Crippen LogP contribution >= 0.6 is 0 Å². The molecule has 2 aromatic carbocycles. The van der Waals surface area contributed by atoms with Gasteiger partial charge in [0.05, 0.1) is 37.5 Å². The molecule has 2 fully saturated rings. The van der Waals surface area contributed by atoms with Crippen LogP contribution in [0.3, 0.4) is 0 Å². The molecular formula is C22H25N4O4+. The Morgan fingerprint density at radius 2 is 1.67 bits per heavy atom. The average Bonchev–Trinajstić information content (AvgIpc) is 3.06. The first kappa shape index (κ1) is 20.0. The number of amides is 2. The first-order valence-corrected chi connectivity index (χ1v) is 10.2. The summed E-state index contributed by atoms with van der Waals surface area (Å²) in [7, 11) is 0. The summed E-state index contributed by atoms with van der Waals surface area (Å²) in [6.07, 6.45) is 0.953. The maximum atomic E-state index is 12.9. The van der Waals surface area contributed by atoms with Crippen LogP contribution in [0.5, 0.6) is 0 Å². The highest BCUT2D eigenvalue weighted by Crippen LogP contribution is 2.20. The number of imide groups is 1. The second-order valence-corrected chi connectivity index (χ2v) is 7.79. The Hall–Kier alpha value is -3.26. The van der Waals surface area contributed by atoms with Gasteiger partial charge >= 0.3 is 0 Å². The van der Waals surface area contributed by atoms with E-state index >= 15 is 0 Å². The number of nitrogens with zero attached hydrogens (tertiary/aromatic N) is 3. The summed E-state index contributed by atoms with van der Waals surface area (Å²) in [6, 6.07) is 16.1. The molecule has 8 heteroatoms. The van der Waals surface area contributed by atoms with Crippen molar-refractivity contribution in [2.24, 2.45) is 0 Å². The summed E-state index contributed by atoms with van der Waals surface area (Å²) < 4.78 is 0. The summed E-state index contributed by atoms with van der Waals surface area (Å²) in [4.78, 5) is 40.5. The quantitative estimate of drug-likeness (QED) is 0.430. The minimum atomic E-state index is -0.405. The summed E-state index contributed by atoms with van der Waals surface area (Å²) in [6.45, 7) is 3.44. The van der Waals surface area contributed by atoms with Crippen molar-refractivity contribution in [2.45, 2.75) is 18.9 Å². The molecule has 156 valence electrons. The molecule has 0 unspecified atom stereocenters. The molecule has 0 saturated carbocycles. The Morgan fingerprint density at radius 1 is 1.00 bits per heavy atom. The molecule has 0 radical (unpaired) electrons. The number of hydrogen-bond donors (Lipinski definition) is 1. The third kappa shape index (κ3) is 4.18. The van der Waals surface area contributed by atoms with Crippen molar-refractivity contribution < 1.29 is 19.4 Å². The van der Waals surface area contributed by atoms with E-state index in [2.05, 4.69) is 4.90 Å². The Kier molecular flexibility index (Phi) is 5.76. The highest BCUT2D eigenvalue weighted by atomic mass is 16.6. The molecule has 1 atom stereocenters. The number of likely N-dealkylation sites (tertiary alicyclic amines) is 1. The number of non-ortho nitro benzene ring substituents is 1. The van der Waals surface area contributed by atoms with Gasteiger partial charge in [-0.2, -0.15) is 0 Å². The number of anilines is 1. The number of nitro groups is 1. The van der Waals surface area contributed by atoms with Crippen molar-refractivity contribution >= 4 is 23.2 Å². The van der Waals surface area contributed by atoms with Gasteiger partial charge in [-0.05, 0) is 24.1 Å². The SMILES string of the molecule is O=C1C[C@@H]([NH+]2CCN(c3ccc([N+](=O)[O-])cc3)CC2)C(=O)N1CCc1ccccc1. The molecule has 2 aliphatic heterocycles. The molecule has 4 rings (SSSR count). The van der Waals surface area contributed by atoms with Crippen LogP contribution in [0.15, 0.2) is 54.6 Å². The maximum absolute atomic E-state index is 12.9. The zero-order valence-electron chi connectivity index (χ0n) is 16.7. The molecule has 2 aliphatic rings. The van der Waals surface area contributed by atoms with E-state index in [0.29, 0.717) is 13.0 Å². The summed E-state index contributed by atoms with van der Waals surface area (Å²) in [5, 5.41) is 10.8. The second kappa shape index (κ2) is 8.62. The van der Waals surface area contributed by atoms with E-state index in [4.69, 9.17) is 0 Å². The van der Waals surface area contributed by atoms with Crippen LogP contribution < -0.4 is 9.80 Å². The number of carbonyl (C=O) groups is 2. The number of quaternary nitrogens is 1. The number of rotatable bonds is 6. The van der Waals surface area contributed by atoms with E-state index < -0.39 is 4.92 Å². The van der Waals surface area contributed by atoms with Gasteiger partial charge in [0, 0.05) is 24.4 Å². The number of hydrogen-bond acceptors (Lipinski definition) is 5. The van der Waals surface area contributed by atoms with Gasteiger partial charge in [-0.3, -0.25) is 24.6 Å². The van der Waals surface area contributed by atoms with Gasteiger partial charge in [0.2, 0.25) is 5.91 Å². The number of piperazine rings is 1. The molecule has 1 N–H and O–H groups in total. The third-order valence-electron chi connectivity index (χ3n) is 6.03. The fraction of sp³-hybridized carbons (Fsp3) is 0.364. The van der Waals surface area contributed by atoms with E-state index in [-0.39, 0.29) is 30.0 Å². The normalized spacial score (nSPS) is 20.1. The monoisotopic (exact) mass is 409 g/mol. The third-order valence-corrected chi connectivity index (χ3v) is 6.03. The summed E-state index contributed by atoms with van der Waals surface area (Å²) in [5.74, 6) is -0.138. The van der Waals surface area contributed by atoms with E-state index in [1.54, 1.807) is 12.1 Å². The number of benzene rings is 2. The first-order valence-electron chi connectivity index (χ1n) is 10.2. The predicted molar refractivity (Wildman–Crippen MR) is 111 cm³/mol. The van der Waals surface area contributed by atoms with Crippen LogP contribution in [0.2, 0.25) is 0 Å². The lowest BCUT2D eigenvalue weighted by Crippen LogP contribution is -3.19. The van der Waals surface area contributed by atoms with Gasteiger partial charge < -0.3 is 9.80 Å². The van der Waals surface area contributed by atoms with Crippen LogP contribution in [0.25, 0.3) is 0 Å². The van der Waals surface area contributed by atoms with Gasteiger partial charge in [0.1, 0.15) is 0 Å². The van der Waals surface area contributed by atoms with E-state index in [9.17, 15) is 19.7 Å². The average molecular weight is 409 g/mol. The molecule has 2 saturated heterocycles.